The third-order valence-corrected chi connectivity index (χ3v) is 24.2. The first-order chi connectivity index (χ1) is 61.3. The van der Waals surface area contributed by atoms with E-state index in [-0.39, 0.29) is 0 Å². The van der Waals surface area contributed by atoms with E-state index in [1.807, 2.05) is 89.8 Å². The molecule has 0 aliphatic carbocycles. The highest BCUT2D eigenvalue weighted by Gasteiger charge is 2.28. The van der Waals surface area contributed by atoms with Gasteiger partial charge in [0.25, 0.3) is 0 Å². The van der Waals surface area contributed by atoms with E-state index < -0.39 is 6.10 Å². The molecule has 15 nitrogen and oxygen atoms in total. The van der Waals surface area contributed by atoms with Crippen LogP contribution >= 0.6 is 11.6 Å². The fourth-order valence-electron chi connectivity index (χ4n) is 17.8. The Kier molecular flexibility index (Phi) is 34.3. The largest absolute Gasteiger partial charge is 0.508 e. The highest BCUT2D eigenvalue weighted by Crippen LogP contribution is 2.45. The van der Waals surface area contributed by atoms with Crippen LogP contribution in [0.1, 0.15) is 111 Å². The third-order valence-electron chi connectivity index (χ3n) is 24.0. The minimum atomic E-state index is -0.434. The smallest absolute Gasteiger partial charge is 0.116 e. The number of phenolic OH excluding ortho intramolecular Hbond substituents is 2. The zero-order valence-electron chi connectivity index (χ0n) is 74.4. The lowest BCUT2D eigenvalue weighted by atomic mass is 10.0. The van der Waals surface area contributed by atoms with Crippen molar-refractivity contribution in [3.05, 3.63) is 345 Å². The van der Waals surface area contributed by atoms with Crippen LogP contribution in [0.15, 0.2) is 273 Å². The molecule has 0 fully saturated rings. The van der Waals surface area contributed by atoms with Gasteiger partial charge in [-0.1, -0.05) is 206 Å². The molecule has 0 bridgehead atoms. The Bertz CT molecular complexity index is 5360. The van der Waals surface area contributed by atoms with Crippen LogP contribution in [0.4, 0.5) is 68.2 Å². The normalized spacial score (nSPS) is 13.9. The van der Waals surface area contributed by atoms with Gasteiger partial charge in [0, 0.05) is 130 Å². The molecule has 16 heteroatoms. The topological polar surface area (TPSA) is 144 Å². The van der Waals surface area contributed by atoms with Gasteiger partial charge in [0.1, 0.15) is 11.5 Å². The Labute approximate surface area is 749 Å². The first kappa shape index (κ1) is 91.2. The van der Waals surface area contributed by atoms with Crippen LogP contribution in [0.25, 0.3) is 24.3 Å². The van der Waals surface area contributed by atoms with E-state index >= 15 is 0 Å². The van der Waals surface area contributed by atoms with Gasteiger partial charge in [0.2, 0.25) is 0 Å². The molecular weight excluding hydrogens is 1560 g/mol. The number of anilines is 12. The molecule has 12 aromatic rings. The van der Waals surface area contributed by atoms with E-state index in [0.29, 0.717) is 17.9 Å². The number of nitrogens with one attached hydrogen (secondary N) is 5. The van der Waals surface area contributed by atoms with Crippen LogP contribution < -0.4 is 56.0 Å². The molecule has 650 valence electrons. The van der Waals surface area contributed by atoms with Crippen molar-refractivity contribution in [2.24, 2.45) is 0 Å². The van der Waals surface area contributed by atoms with Crippen molar-refractivity contribution in [1.82, 2.24) is 31.5 Å². The monoisotopic (exact) mass is 1690 g/mol. The maximum atomic E-state index is 10.5. The molecule has 0 saturated carbocycles. The van der Waals surface area contributed by atoms with Crippen molar-refractivity contribution in [2.75, 3.05) is 157 Å². The van der Waals surface area contributed by atoms with Crippen molar-refractivity contribution >= 4 is 104 Å². The maximum absolute atomic E-state index is 10.5. The Morgan fingerprint density at radius 3 is 0.992 bits per heavy atom. The zero-order chi connectivity index (χ0) is 87.1. The zero-order valence-corrected chi connectivity index (χ0v) is 75.2. The van der Waals surface area contributed by atoms with Gasteiger partial charge < -0.3 is 76.2 Å². The van der Waals surface area contributed by atoms with Crippen molar-refractivity contribution in [3.63, 3.8) is 0 Å². The fourth-order valence-corrected chi connectivity index (χ4v) is 18.0. The van der Waals surface area contributed by atoms with Gasteiger partial charge in [0.05, 0.1) is 6.10 Å². The van der Waals surface area contributed by atoms with Crippen LogP contribution in [0, 0.1) is 0 Å². The number of fused-ring (bicyclic) bond motifs is 12. The minimum Gasteiger partial charge on any atom is -0.508 e. The second-order valence-electron chi connectivity index (χ2n) is 32.9. The number of hydrogen-bond donors (Lipinski definition) is 8. The van der Waals surface area contributed by atoms with Gasteiger partial charge in [-0.25, -0.2) is 0 Å². The summed E-state index contributed by atoms with van der Waals surface area (Å²) in [7, 11) is 14.2. The number of aliphatic hydroxyl groups excluding tert-OH is 1. The summed E-state index contributed by atoms with van der Waals surface area (Å²) < 4.78 is 0. The van der Waals surface area contributed by atoms with E-state index in [2.05, 4.69) is 306 Å². The number of hydrogen-bond acceptors (Lipinski definition) is 15. The van der Waals surface area contributed by atoms with Crippen molar-refractivity contribution in [1.29, 1.82) is 0 Å². The number of para-hydroxylation sites is 9. The standard InChI is InChI=1S/C19H23ClN2.2C18H22N2O.C18H20N2O.C18H22N2.C18H20N2/c1-21(2)12-5-13-22-18-7-4-3-6-15(18)8-9-16-10-11-17(20)14-19(16)22;1-19-11-6-12-20-16-9-4-2-7-14(16)13-18(21)15-8-3-5-10-17(15)20;2*1-19-11-4-12-20-17-6-3-2-5-14(17)7-8-15-13-16(21)9-10-18(15)20;2*1-19-13-6-14-20-17-9-4-2-7-15(17)11-12-16-8-3-5-10-18(16)20/h3-4,6-7,10-11,14H,5,8-9,12-13H2,1-2H3;2-5,7-10,18-19,21H,6,11-13H2,1H3;2-3,5-6,9-10,13,19,21H,4,7-8,11-12H2,1H3;2-3,5-10,13,19,21H,4,11-12H2,1H3;2-5,7-10,19H,6,11-14H2,1H3;2-5,7-12,19H,6,13-14H2,1H3. The molecule has 6 aliphatic rings. The molecule has 8 N–H and O–H groups in total. The second-order valence-corrected chi connectivity index (χ2v) is 33.4. The number of halogens is 1. The Balaban J connectivity index is 0.000000129. The molecule has 0 amide bonds. The van der Waals surface area contributed by atoms with Gasteiger partial charge in [-0.2, -0.15) is 0 Å². The first-order valence-electron chi connectivity index (χ1n) is 45.1. The lowest BCUT2D eigenvalue weighted by Crippen LogP contribution is -2.24. The summed E-state index contributed by atoms with van der Waals surface area (Å²) in [4.78, 5) is 16.7. The SMILES string of the molecule is CN(C)CCCN1c2ccccc2CCc2ccc(Cl)cc21.CNCCCN1c2ccccc2C=Cc2cc(O)ccc21.CNCCCN1c2ccccc2C=Cc2ccccc21.CNCCCN1c2ccccc2CC(O)c2ccccc21.CNCCCN1c2ccccc2CCc2cc(O)ccc21.CNCCCN1c2ccccc2CCc2ccccc21. The number of aliphatic hydroxyl groups is 1. The molecule has 18 rings (SSSR count). The van der Waals surface area contributed by atoms with Gasteiger partial charge in [-0.3, -0.25) is 0 Å². The van der Waals surface area contributed by atoms with Crippen LogP contribution in [-0.4, -0.2) is 148 Å². The van der Waals surface area contributed by atoms with Crippen LogP contribution in [-0.2, 0) is 44.9 Å². The predicted molar refractivity (Wildman–Crippen MR) is 532 cm³/mol. The quantitative estimate of drug-likeness (QED) is 0.0272. The van der Waals surface area contributed by atoms with Gasteiger partial charge >= 0.3 is 0 Å². The summed E-state index contributed by atoms with van der Waals surface area (Å²) in [5.41, 5.74) is 30.7. The summed E-state index contributed by atoms with van der Waals surface area (Å²) in [5, 5.41) is 46.9. The van der Waals surface area contributed by atoms with E-state index in [9.17, 15) is 15.3 Å². The number of phenols is 2. The summed E-state index contributed by atoms with van der Waals surface area (Å²) in [6.45, 7) is 12.1. The number of aromatic hydroxyl groups is 2. The molecule has 1 atom stereocenters. The Morgan fingerprint density at radius 1 is 0.288 bits per heavy atom. The van der Waals surface area contributed by atoms with Crippen molar-refractivity contribution in [2.45, 2.75) is 89.6 Å². The Morgan fingerprint density at radius 2 is 0.576 bits per heavy atom. The molecule has 0 spiro atoms. The molecule has 6 heterocycles. The average molecular weight is 1690 g/mol. The van der Waals surface area contributed by atoms with E-state index in [4.69, 9.17) is 11.6 Å². The van der Waals surface area contributed by atoms with Crippen molar-refractivity contribution < 1.29 is 15.3 Å². The number of rotatable bonds is 24. The first-order valence-corrected chi connectivity index (χ1v) is 45.5. The number of benzene rings is 12. The summed E-state index contributed by atoms with van der Waals surface area (Å²) in [6.07, 6.45) is 21.9. The third kappa shape index (κ3) is 24.2. The van der Waals surface area contributed by atoms with Crippen LogP contribution in [0.2, 0.25) is 5.02 Å². The summed E-state index contributed by atoms with van der Waals surface area (Å²) in [5.74, 6) is 0.661. The molecular formula is C109H129ClN12O3. The maximum Gasteiger partial charge on any atom is 0.116 e. The minimum absolute atomic E-state index is 0.305. The number of aryl methyl sites for hydroxylation is 6. The molecule has 0 radical (unpaired) electrons. The molecule has 0 aromatic heterocycles. The van der Waals surface area contributed by atoms with Gasteiger partial charge in [0.15, 0.2) is 0 Å². The number of nitrogens with zero attached hydrogens (tertiary/aromatic N) is 7. The highest BCUT2D eigenvalue weighted by molar-refractivity contribution is 6.31. The molecule has 125 heavy (non-hydrogen) atoms. The average Bonchev–Trinajstić information content (AvgIpc) is 1.73. The molecule has 6 aliphatic heterocycles. The fraction of sp³-hybridized carbons (Fsp3) is 0.303. The summed E-state index contributed by atoms with van der Waals surface area (Å²) in [6, 6.07) is 94.9. The van der Waals surface area contributed by atoms with E-state index in [1.54, 1.807) is 12.1 Å². The summed E-state index contributed by atoms with van der Waals surface area (Å²) >= 11 is 6.27. The van der Waals surface area contributed by atoms with Crippen molar-refractivity contribution in [3.8, 4) is 11.5 Å². The van der Waals surface area contributed by atoms with Crippen LogP contribution in [0.5, 0.6) is 11.5 Å². The van der Waals surface area contributed by atoms with Gasteiger partial charge in [-0.15, -0.1) is 0 Å². The molecule has 12 aromatic carbocycles. The predicted octanol–water partition coefficient (Wildman–Crippen LogP) is 21.9. The lowest BCUT2D eigenvalue weighted by Gasteiger charge is -2.27. The molecule has 1 unspecified atom stereocenters. The van der Waals surface area contributed by atoms with E-state index in [1.165, 1.54) is 113 Å². The van der Waals surface area contributed by atoms with Gasteiger partial charge in [-0.05, 0) is 324 Å². The molecule has 0 saturated heterocycles. The second kappa shape index (κ2) is 47.0. The highest BCUT2D eigenvalue weighted by atomic mass is 35.5. The lowest BCUT2D eigenvalue weighted by molar-refractivity contribution is 0.180. The Hall–Kier alpha value is -11.5. The van der Waals surface area contributed by atoms with Crippen LogP contribution in [0.3, 0.4) is 0 Å². The van der Waals surface area contributed by atoms with E-state index in [0.717, 1.165) is 183 Å².